The zero-order valence-electron chi connectivity index (χ0n) is 11.4. The Morgan fingerprint density at radius 3 is 2.33 bits per heavy atom. The first-order valence-corrected chi connectivity index (χ1v) is 6.04. The minimum absolute atomic E-state index is 0.783. The first-order chi connectivity index (χ1) is 8.52. The van der Waals surface area contributed by atoms with E-state index in [1.54, 1.807) is 7.11 Å². The van der Waals surface area contributed by atoms with Crippen molar-refractivity contribution in [3.8, 4) is 16.9 Å². The van der Waals surface area contributed by atoms with E-state index >= 15 is 0 Å². The fourth-order valence-electron chi connectivity index (χ4n) is 2.32. The molecule has 2 aromatic rings. The third-order valence-electron chi connectivity index (χ3n) is 3.14. The Hall–Kier alpha value is -1.96. The maximum Gasteiger partial charge on any atom is 0.127 e. The van der Waals surface area contributed by atoms with Crippen LogP contribution in [-0.4, -0.2) is 7.11 Å². The highest BCUT2D eigenvalue weighted by Gasteiger charge is 2.12. The van der Waals surface area contributed by atoms with E-state index in [-0.39, 0.29) is 0 Å². The summed E-state index contributed by atoms with van der Waals surface area (Å²) < 4.78 is 5.50. The van der Waals surface area contributed by atoms with Gasteiger partial charge < -0.3 is 10.5 Å². The molecule has 0 fully saturated rings. The van der Waals surface area contributed by atoms with Gasteiger partial charge in [0, 0.05) is 16.8 Å². The molecule has 0 atom stereocenters. The minimum Gasteiger partial charge on any atom is -0.496 e. The number of rotatable bonds is 2. The number of nitrogens with two attached hydrogens (primary N) is 1. The highest BCUT2D eigenvalue weighted by molar-refractivity contribution is 5.83. The molecule has 2 aromatic carbocycles. The van der Waals surface area contributed by atoms with Crippen molar-refractivity contribution in [3.63, 3.8) is 0 Å². The van der Waals surface area contributed by atoms with Crippen molar-refractivity contribution in [2.24, 2.45) is 0 Å². The molecule has 0 aromatic heterocycles. The predicted octanol–water partition coefficient (Wildman–Crippen LogP) is 3.87. The van der Waals surface area contributed by atoms with Gasteiger partial charge in [0.15, 0.2) is 0 Å². The number of hydrogen-bond acceptors (Lipinski definition) is 2. The summed E-state index contributed by atoms with van der Waals surface area (Å²) in [5, 5.41) is 0. The monoisotopic (exact) mass is 241 g/mol. The van der Waals surface area contributed by atoms with Gasteiger partial charge in [-0.1, -0.05) is 17.7 Å². The lowest BCUT2D eigenvalue weighted by Crippen LogP contribution is -1.97. The third-order valence-corrected chi connectivity index (χ3v) is 3.14. The Morgan fingerprint density at radius 2 is 1.67 bits per heavy atom. The van der Waals surface area contributed by atoms with Crippen molar-refractivity contribution in [1.29, 1.82) is 0 Å². The zero-order valence-corrected chi connectivity index (χ0v) is 11.4. The molecule has 0 radical (unpaired) electrons. The van der Waals surface area contributed by atoms with Crippen LogP contribution in [0.15, 0.2) is 30.3 Å². The van der Waals surface area contributed by atoms with E-state index in [4.69, 9.17) is 10.5 Å². The zero-order chi connectivity index (χ0) is 13.3. The number of anilines is 1. The van der Waals surface area contributed by atoms with E-state index < -0.39 is 0 Å². The van der Waals surface area contributed by atoms with Crippen LogP contribution in [0, 0.1) is 20.8 Å². The van der Waals surface area contributed by atoms with Crippen LogP contribution in [0.25, 0.3) is 11.1 Å². The Kier molecular flexibility index (Phi) is 3.28. The SMILES string of the molecule is COc1cc(C)cc(C)c1-c1cc(C)ccc1N. The lowest BCUT2D eigenvalue weighted by atomic mass is 9.95. The average molecular weight is 241 g/mol. The van der Waals surface area contributed by atoms with Crippen LogP contribution >= 0.6 is 0 Å². The lowest BCUT2D eigenvalue weighted by Gasteiger charge is -2.15. The highest BCUT2D eigenvalue weighted by Crippen LogP contribution is 2.37. The molecule has 2 rings (SSSR count). The molecular formula is C16H19NO. The molecule has 0 bridgehead atoms. The number of nitrogen functional groups attached to an aromatic ring is 1. The van der Waals surface area contributed by atoms with Gasteiger partial charge >= 0.3 is 0 Å². The fraction of sp³-hybridized carbons (Fsp3) is 0.250. The molecule has 0 saturated carbocycles. The summed E-state index contributed by atoms with van der Waals surface area (Å²) in [6, 6.07) is 10.3. The minimum atomic E-state index is 0.783. The number of hydrogen-bond donors (Lipinski definition) is 1. The molecule has 2 heteroatoms. The van der Waals surface area contributed by atoms with E-state index in [0.717, 1.165) is 22.6 Å². The van der Waals surface area contributed by atoms with E-state index in [1.807, 2.05) is 18.2 Å². The smallest absolute Gasteiger partial charge is 0.127 e. The van der Waals surface area contributed by atoms with Gasteiger partial charge in [0.1, 0.15) is 5.75 Å². The van der Waals surface area contributed by atoms with Crippen molar-refractivity contribution >= 4 is 5.69 Å². The maximum absolute atomic E-state index is 6.10. The summed E-state index contributed by atoms with van der Waals surface area (Å²) in [7, 11) is 1.70. The molecule has 0 heterocycles. The normalized spacial score (nSPS) is 10.4. The summed E-state index contributed by atoms with van der Waals surface area (Å²) in [4.78, 5) is 0. The molecule has 18 heavy (non-hydrogen) atoms. The molecule has 0 amide bonds. The molecule has 0 spiro atoms. The molecule has 94 valence electrons. The molecule has 2 N–H and O–H groups in total. The molecule has 0 aliphatic heterocycles. The molecule has 2 nitrogen and oxygen atoms in total. The van der Waals surface area contributed by atoms with Crippen LogP contribution < -0.4 is 10.5 Å². The van der Waals surface area contributed by atoms with Crippen molar-refractivity contribution in [1.82, 2.24) is 0 Å². The maximum atomic E-state index is 6.10. The van der Waals surface area contributed by atoms with Crippen molar-refractivity contribution in [3.05, 3.63) is 47.0 Å². The van der Waals surface area contributed by atoms with Gasteiger partial charge in [-0.15, -0.1) is 0 Å². The fourth-order valence-corrected chi connectivity index (χ4v) is 2.32. The summed E-state index contributed by atoms with van der Waals surface area (Å²) in [5.74, 6) is 0.879. The van der Waals surface area contributed by atoms with Gasteiger partial charge in [-0.25, -0.2) is 0 Å². The topological polar surface area (TPSA) is 35.2 Å². The second-order valence-corrected chi connectivity index (χ2v) is 4.75. The predicted molar refractivity (Wildman–Crippen MR) is 77.1 cm³/mol. The first kappa shape index (κ1) is 12.5. The molecule has 0 saturated heterocycles. The second-order valence-electron chi connectivity index (χ2n) is 4.75. The largest absolute Gasteiger partial charge is 0.496 e. The Bertz CT molecular complexity index is 588. The summed E-state index contributed by atoms with van der Waals surface area (Å²) in [5.41, 5.74) is 12.6. The van der Waals surface area contributed by atoms with Gasteiger partial charge in [0.2, 0.25) is 0 Å². The summed E-state index contributed by atoms with van der Waals surface area (Å²) >= 11 is 0. The standard InChI is InChI=1S/C16H19NO/c1-10-5-6-14(17)13(8-10)16-12(3)7-11(2)9-15(16)18-4/h5-9H,17H2,1-4H3. The number of ether oxygens (including phenoxy) is 1. The number of methoxy groups -OCH3 is 1. The molecular weight excluding hydrogens is 222 g/mol. The van der Waals surface area contributed by atoms with Gasteiger partial charge in [-0.2, -0.15) is 0 Å². The van der Waals surface area contributed by atoms with Crippen molar-refractivity contribution in [2.45, 2.75) is 20.8 Å². The summed E-state index contributed by atoms with van der Waals surface area (Å²) in [6.45, 7) is 6.23. The molecule has 0 aliphatic carbocycles. The van der Waals surface area contributed by atoms with E-state index in [9.17, 15) is 0 Å². The third kappa shape index (κ3) is 2.19. The number of benzene rings is 2. The van der Waals surface area contributed by atoms with E-state index in [1.165, 1.54) is 16.7 Å². The summed E-state index contributed by atoms with van der Waals surface area (Å²) in [6.07, 6.45) is 0. The van der Waals surface area contributed by atoms with E-state index in [2.05, 4.69) is 32.9 Å². The van der Waals surface area contributed by atoms with Crippen LogP contribution in [0.1, 0.15) is 16.7 Å². The van der Waals surface area contributed by atoms with Gasteiger partial charge in [-0.05, 0) is 50.1 Å². The number of aryl methyl sites for hydroxylation is 3. The van der Waals surface area contributed by atoms with Gasteiger partial charge in [0.25, 0.3) is 0 Å². The Labute approximate surface area is 108 Å². The van der Waals surface area contributed by atoms with Crippen LogP contribution in [0.2, 0.25) is 0 Å². The molecule has 0 unspecified atom stereocenters. The highest BCUT2D eigenvalue weighted by atomic mass is 16.5. The average Bonchev–Trinajstić information content (AvgIpc) is 2.32. The Balaban J connectivity index is 2.74. The van der Waals surface area contributed by atoms with Crippen molar-refractivity contribution < 1.29 is 4.74 Å². The lowest BCUT2D eigenvalue weighted by molar-refractivity contribution is 0.416. The van der Waals surface area contributed by atoms with Gasteiger partial charge in [0.05, 0.1) is 7.11 Å². The second kappa shape index (κ2) is 4.73. The van der Waals surface area contributed by atoms with E-state index in [0.29, 0.717) is 0 Å². The quantitative estimate of drug-likeness (QED) is 0.810. The Morgan fingerprint density at radius 1 is 0.944 bits per heavy atom. The molecule has 0 aliphatic rings. The van der Waals surface area contributed by atoms with Crippen LogP contribution in [0.5, 0.6) is 5.75 Å². The van der Waals surface area contributed by atoms with Crippen LogP contribution in [-0.2, 0) is 0 Å². The van der Waals surface area contributed by atoms with Crippen LogP contribution in [0.4, 0.5) is 5.69 Å². The van der Waals surface area contributed by atoms with Gasteiger partial charge in [-0.3, -0.25) is 0 Å². The van der Waals surface area contributed by atoms with Crippen LogP contribution in [0.3, 0.4) is 0 Å². The van der Waals surface area contributed by atoms with Crippen molar-refractivity contribution in [2.75, 3.05) is 12.8 Å². The first-order valence-electron chi connectivity index (χ1n) is 6.04.